The minimum atomic E-state index is 0.337. The summed E-state index contributed by atoms with van der Waals surface area (Å²) in [6, 6.07) is 9.70. The minimum absolute atomic E-state index is 0.337. The first kappa shape index (κ1) is 14.0. The monoisotopic (exact) mass is 302 g/mol. The van der Waals surface area contributed by atoms with Crippen LogP contribution in [-0.2, 0) is 11.3 Å². The molecule has 0 unspecified atom stereocenters. The van der Waals surface area contributed by atoms with Gasteiger partial charge in [0.15, 0.2) is 11.6 Å². The number of halogens is 1. The van der Waals surface area contributed by atoms with Crippen molar-refractivity contribution < 1.29 is 9.15 Å². The van der Waals surface area contributed by atoms with Gasteiger partial charge in [0.1, 0.15) is 23.0 Å². The van der Waals surface area contributed by atoms with E-state index in [0.717, 1.165) is 16.5 Å². The van der Waals surface area contributed by atoms with Crippen molar-refractivity contribution in [2.24, 2.45) is 0 Å². The van der Waals surface area contributed by atoms with E-state index in [2.05, 4.69) is 9.97 Å². The van der Waals surface area contributed by atoms with Crippen LogP contribution in [0, 0.1) is 6.92 Å². The molecule has 4 nitrogen and oxygen atoms in total. The van der Waals surface area contributed by atoms with Crippen LogP contribution in [0.3, 0.4) is 0 Å². The normalized spacial score (nSPS) is 11.2. The van der Waals surface area contributed by atoms with Crippen molar-refractivity contribution in [3.05, 3.63) is 46.9 Å². The summed E-state index contributed by atoms with van der Waals surface area (Å²) in [7, 11) is 0. The van der Waals surface area contributed by atoms with E-state index in [1.165, 1.54) is 0 Å². The Morgan fingerprint density at radius 1 is 1.24 bits per heavy atom. The number of ether oxygens (including phenoxy) is 1. The number of nitrogens with zero attached hydrogens (tertiary/aromatic N) is 2. The van der Waals surface area contributed by atoms with Gasteiger partial charge in [0.2, 0.25) is 0 Å². The van der Waals surface area contributed by atoms with Gasteiger partial charge in [-0.15, -0.1) is 0 Å². The molecule has 0 aliphatic rings. The van der Waals surface area contributed by atoms with Crippen LogP contribution < -0.4 is 0 Å². The second-order valence-electron chi connectivity index (χ2n) is 4.73. The first-order valence-electron chi connectivity index (χ1n) is 6.78. The Morgan fingerprint density at radius 3 is 2.86 bits per heavy atom. The van der Waals surface area contributed by atoms with Crippen LogP contribution in [0.25, 0.3) is 22.4 Å². The van der Waals surface area contributed by atoms with Gasteiger partial charge in [-0.3, -0.25) is 0 Å². The summed E-state index contributed by atoms with van der Waals surface area (Å²) in [4.78, 5) is 8.61. The predicted octanol–water partition coefficient (Wildman–Crippen LogP) is 4.39. The zero-order valence-electron chi connectivity index (χ0n) is 11.9. The minimum Gasteiger partial charge on any atom is -0.454 e. The smallest absolute Gasteiger partial charge is 0.156 e. The summed E-state index contributed by atoms with van der Waals surface area (Å²) in [6.45, 7) is 4.88. The Labute approximate surface area is 127 Å². The van der Waals surface area contributed by atoms with Crippen LogP contribution in [-0.4, -0.2) is 16.6 Å². The van der Waals surface area contributed by atoms with Gasteiger partial charge in [-0.05, 0) is 25.5 Å². The molecule has 3 rings (SSSR count). The highest BCUT2D eigenvalue weighted by Gasteiger charge is 2.11. The van der Waals surface area contributed by atoms with E-state index >= 15 is 0 Å². The number of furan rings is 1. The van der Waals surface area contributed by atoms with Gasteiger partial charge in [0.25, 0.3) is 0 Å². The van der Waals surface area contributed by atoms with Gasteiger partial charge in [-0.1, -0.05) is 29.8 Å². The van der Waals surface area contributed by atoms with E-state index in [4.69, 9.17) is 20.8 Å². The van der Waals surface area contributed by atoms with Gasteiger partial charge < -0.3 is 9.15 Å². The van der Waals surface area contributed by atoms with Gasteiger partial charge in [-0.2, -0.15) is 0 Å². The van der Waals surface area contributed by atoms with Gasteiger partial charge >= 0.3 is 0 Å². The standard InChI is InChI=1S/C16H15ClN2O2/c1-3-20-9-15-18-12(8-14(17)19-15)13-7-11-6-4-5-10(2)16(11)21-13/h4-8H,3,9H2,1-2H3. The zero-order valence-corrected chi connectivity index (χ0v) is 12.6. The lowest BCUT2D eigenvalue weighted by molar-refractivity contribution is 0.128. The second kappa shape index (κ2) is 5.84. The Morgan fingerprint density at radius 2 is 2.10 bits per heavy atom. The number of rotatable bonds is 4. The summed E-state index contributed by atoms with van der Waals surface area (Å²) in [5, 5.41) is 1.43. The van der Waals surface area contributed by atoms with Crippen molar-refractivity contribution in [2.45, 2.75) is 20.5 Å². The van der Waals surface area contributed by atoms with Crippen molar-refractivity contribution in [1.29, 1.82) is 0 Å². The summed E-state index contributed by atoms with van der Waals surface area (Å²) in [6.07, 6.45) is 0. The van der Waals surface area contributed by atoms with Crippen LogP contribution in [0.5, 0.6) is 0 Å². The molecule has 0 fully saturated rings. The summed E-state index contributed by atoms with van der Waals surface area (Å²) >= 11 is 6.06. The van der Waals surface area contributed by atoms with E-state index in [1.807, 2.05) is 38.1 Å². The fourth-order valence-corrected chi connectivity index (χ4v) is 2.38. The van der Waals surface area contributed by atoms with E-state index in [9.17, 15) is 0 Å². The topological polar surface area (TPSA) is 48.2 Å². The summed E-state index contributed by atoms with van der Waals surface area (Å²) < 4.78 is 11.2. The number of para-hydroxylation sites is 1. The lowest BCUT2D eigenvalue weighted by Crippen LogP contribution is -2.00. The van der Waals surface area contributed by atoms with Crippen LogP contribution in [0.4, 0.5) is 0 Å². The quantitative estimate of drug-likeness (QED) is 0.671. The molecule has 0 bridgehead atoms. The molecule has 1 aromatic carbocycles. The number of hydrogen-bond donors (Lipinski definition) is 0. The highest BCUT2D eigenvalue weighted by Crippen LogP contribution is 2.29. The first-order valence-corrected chi connectivity index (χ1v) is 7.16. The molecular formula is C16H15ClN2O2. The first-order chi connectivity index (χ1) is 10.2. The molecule has 0 spiro atoms. The average molecular weight is 303 g/mol. The molecule has 0 atom stereocenters. The molecule has 0 saturated carbocycles. The summed E-state index contributed by atoms with van der Waals surface area (Å²) in [5.74, 6) is 1.23. The maximum Gasteiger partial charge on any atom is 0.156 e. The Hall–Kier alpha value is -1.91. The summed E-state index contributed by atoms with van der Waals surface area (Å²) in [5.41, 5.74) is 2.63. The molecule has 5 heteroatoms. The number of aryl methyl sites for hydroxylation is 1. The molecule has 2 aromatic heterocycles. The molecule has 0 N–H and O–H groups in total. The highest BCUT2D eigenvalue weighted by molar-refractivity contribution is 6.29. The molecule has 0 aliphatic carbocycles. The van der Waals surface area contributed by atoms with Crippen LogP contribution in [0.15, 0.2) is 34.7 Å². The van der Waals surface area contributed by atoms with E-state index in [-0.39, 0.29) is 0 Å². The largest absolute Gasteiger partial charge is 0.454 e. The molecule has 2 heterocycles. The number of aromatic nitrogens is 2. The van der Waals surface area contributed by atoms with Gasteiger partial charge in [0.05, 0.1) is 0 Å². The second-order valence-corrected chi connectivity index (χ2v) is 5.12. The van der Waals surface area contributed by atoms with Crippen LogP contribution in [0.1, 0.15) is 18.3 Å². The van der Waals surface area contributed by atoms with Crippen molar-refractivity contribution >= 4 is 22.6 Å². The van der Waals surface area contributed by atoms with E-state index in [0.29, 0.717) is 35.6 Å². The average Bonchev–Trinajstić information content (AvgIpc) is 2.90. The fraction of sp³-hybridized carbons (Fsp3) is 0.250. The van der Waals surface area contributed by atoms with Gasteiger partial charge in [-0.25, -0.2) is 9.97 Å². The third kappa shape index (κ3) is 2.91. The van der Waals surface area contributed by atoms with Crippen molar-refractivity contribution in [3.63, 3.8) is 0 Å². The molecule has 0 aliphatic heterocycles. The number of hydrogen-bond acceptors (Lipinski definition) is 4. The predicted molar refractivity (Wildman–Crippen MR) is 82.3 cm³/mol. The molecular weight excluding hydrogens is 288 g/mol. The molecule has 0 amide bonds. The molecule has 3 aromatic rings. The Balaban J connectivity index is 2.05. The lowest BCUT2D eigenvalue weighted by Gasteiger charge is -2.03. The fourth-order valence-electron chi connectivity index (χ4n) is 2.18. The van der Waals surface area contributed by atoms with Crippen molar-refractivity contribution in [3.8, 4) is 11.5 Å². The lowest BCUT2D eigenvalue weighted by atomic mass is 10.2. The Kier molecular flexibility index (Phi) is 3.90. The van der Waals surface area contributed by atoms with E-state index < -0.39 is 0 Å². The molecule has 0 saturated heterocycles. The van der Waals surface area contributed by atoms with Gasteiger partial charge in [0, 0.05) is 18.1 Å². The molecule has 21 heavy (non-hydrogen) atoms. The van der Waals surface area contributed by atoms with Crippen molar-refractivity contribution in [2.75, 3.05) is 6.61 Å². The number of fused-ring (bicyclic) bond motifs is 1. The zero-order chi connectivity index (χ0) is 14.8. The maximum atomic E-state index is 6.06. The SMILES string of the molecule is CCOCc1nc(Cl)cc(-c2cc3cccc(C)c3o2)n1. The third-order valence-electron chi connectivity index (χ3n) is 3.17. The van der Waals surface area contributed by atoms with E-state index in [1.54, 1.807) is 6.07 Å². The Bertz CT molecular complexity index is 783. The molecule has 108 valence electrons. The van der Waals surface area contributed by atoms with Crippen LogP contribution in [0.2, 0.25) is 5.15 Å². The third-order valence-corrected chi connectivity index (χ3v) is 3.36. The van der Waals surface area contributed by atoms with Crippen molar-refractivity contribution in [1.82, 2.24) is 9.97 Å². The maximum absolute atomic E-state index is 6.06. The van der Waals surface area contributed by atoms with Crippen LogP contribution >= 0.6 is 11.6 Å². The molecule has 0 radical (unpaired) electrons. The highest BCUT2D eigenvalue weighted by atomic mass is 35.5. The number of benzene rings is 1.